The number of carbonyl (C=O) groups excluding carboxylic acids is 1. The minimum absolute atomic E-state index is 0.0850. The molecule has 3 aliphatic rings. The first kappa shape index (κ1) is 28.9. The number of likely N-dealkylation sites (tertiary alicyclic amines) is 2. The summed E-state index contributed by atoms with van der Waals surface area (Å²) in [7, 11) is 0. The van der Waals surface area contributed by atoms with Crippen LogP contribution in [0, 0.1) is 11.3 Å². The highest BCUT2D eigenvalue weighted by molar-refractivity contribution is 7.98. The fourth-order valence-corrected chi connectivity index (χ4v) is 7.11. The molecule has 0 spiro atoms. The summed E-state index contributed by atoms with van der Waals surface area (Å²) in [5, 5.41) is 9.47. The topological polar surface area (TPSA) is 149 Å². The van der Waals surface area contributed by atoms with Crippen molar-refractivity contribution in [1.29, 1.82) is 0 Å². The van der Waals surface area contributed by atoms with Gasteiger partial charge in [0.25, 0.3) is 0 Å². The molecule has 3 aliphatic heterocycles. The quantitative estimate of drug-likeness (QED) is 0.489. The van der Waals surface area contributed by atoms with E-state index in [1.165, 1.54) is 11.2 Å². The zero-order chi connectivity index (χ0) is 28.6. The molecule has 3 fully saturated rings. The second kappa shape index (κ2) is 11.7. The highest BCUT2D eigenvalue weighted by Crippen LogP contribution is 2.45. The average Bonchev–Trinajstić information content (AvgIpc) is 3.50. The normalized spacial score (nSPS) is 28.7. The van der Waals surface area contributed by atoms with Crippen molar-refractivity contribution in [2.45, 2.75) is 83.4 Å². The van der Waals surface area contributed by atoms with Crippen LogP contribution < -0.4 is 5.73 Å². The molecule has 0 aromatic carbocycles. The van der Waals surface area contributed by atoms with Crippen molar-refractivity contribution in [2.24, 2.45) is 11.3 Å². The number of carboxylic acid groups (broad SMARTS) is 1. The van der Waals surface area contributed by atoms with Gasteiger partial charge in [-0.1, -0.05) is 6.42 Å². The number of rotatable bonds is 6. The van der Waals surface area contributed by atoms with Crippen LogP contribution in [0.3, 0.4) is 0 Å². The summed E-state index contributed by atoms with van der Waals surface area (Å²) in [6.07, 6.45) is 7.64. The zero-order valence-corrected chi connectivity index (χ0v) is 24.5. The van der Waals surface area contributed by atoms with Gasteiger partial charge in [0.2, 0.25) is 0 Å². The first-order chi connectivity index (χ1) is 19.1. The van der Waals surface area contributed by atoms with Crippen molar-refractivity contribution in [1.82, 2.24) is 29.3 Å². The van der Waals surface area contributed by atoms with Crippen LogP contribution in [0.5, 0.6) is 0 Å². The van der Waals surface area contributed by atoms with E-state index >= 15 is 0 Å². The largest absolute Gasteiger partial charge is 0.465 e. The summed E-state index contributed by atoms with van der Waals surface area (Å²) in [6, 6.07) is 0.403. The fourth-order valence-electron chi connectivity index (χ4n) is 6.48. The third kappa shape index (κ3) is 5.60. The highest BCUT2D eigenvalue weighted by Gasteiger charge is 2.54. The van der Waals surface area contributed by atoms with E-state index in [9.17, 15) is 14.7 Å². The summed E-state index contributed by atoms with van der Waals surface area (Å²) in [6.45, 7) is 7.58. The number of ether oxygens (including phenoxy) is 2. The molecule has 220 valence electrons. The molecule has 0 aliphatic carbocycles. The van der Waals surface area contributed by atoms with E-state index in [4.69, 9.17) is 15.2 Å². The van der Waals surface area contributed by atoms with Gasteiger partial charge in [-0.15, -0.1) is 0 Å². The number of hydrogen-bond donors (Lipinski definition) is 2. The maximum Gasteiger partial charge on any atom is 0.407 e. The van der Waals surface area contributed by atoms with Crippen LogP contribution >= 0.6 is 11.8 Å². The number of thioether (sulfide) groups is 1. The van der Waals surface area contributed by atoms with Gasteiger partial charge < -0.3 is 25.2 Å². The molecule has 3 N–H and O–H groups in total. The van der Waals surface area contributed by atoms with Gasteiger partial charge in [0, 0.05) is 36.8 Å². The van der Waals surface area contributed by atoms with E-state index in [1.807, 2.05) is 25.3 Å². The molecule has 2 unspecified atom stereocenters. The Kier molecular flexibility index (Phi) is 8.44. The number of nitrogen functional groups attached to an aromatic ring is 1. The Morgan fingerprint density at radius 2 is 1.90 bits per heavy atom. The van der Waals surface area contributed by atoms with Crippen molar-refractivity contribution in [3.8, 4) is 0 Å². The van der Waals surface area contributed by atoms with E-state index in [0.29, 0.717) is 24.3 Å². The lowest BCUT2D eigenvalue weighted by molar-refractivity contribution is -0.167. The minimum atomic E-state index is -0.855. The lowest BCUT2D eigenvalue weighted by atomic mass is 9.82. The number of nitrogens with zero attached hydrogens (tertiary/aromatic N) is 6. The predicted molar refractivity (Wildman–Crippen MR) is 152 cm³/mol. The van der Waals surface area contributed by atoms with Gasteiger partial charge in [-0.25, -0.2) is 19.7 Å². The van der Waals surface area contributed by atoms with Gasteiger partial charge >= 0.3 is 12.1 Å². The SMILES string of the molecule is CSCC1O[C@@H](n2cnc3c(N)ncnc32)C(OC(=O)C(C)(C)C)[C@@H]1[C@@H]1CCCCN1C1CCN(C(=O)O)CC1. The molecule has 13 heteroatoms. The van der Waals surface area contributed by atoms with E-state index in [-0.39, 0.29) is 35.9 Å². The molecule has 0 saturated carbocycles. The van der Waals surface area contributed by atoms with E-state index in [1.54, 1.807) is 18.1 Å². The Hall–Kier alpha value is -2.64. The smallest absolute Gasteiger partial charge is 0.407 e. The third-order valence-electron chi connectivity index (χ3n) is 8.49. The molecule has 2 aromatic rings. The second-order valence-corrected chi connectivity index (χ2v) is 13.0. The molecular weight excluding hydrogens is 534 g/mol. The molecular formula is C27H41N7O5S. The molecule has 0 radical (unpaired) electrons. The molecule has 40 heavy (non-hydrogen) atoms. The standard InChI is InChI=1S/C27H41N7O5S/c1-27(2,3)25(35)39-21-19(17-7-5-6-10-33(17)16-8-11-32(12-9-16)26(36)37)18(13-40-4)38-24(21)34-15-31-20-22(28)29-14-30-23(20)34/h14-19,21,24H,5-13H2,1-4H3,(H,36,37)(H2,28,29,30)/t17-,18?,19+,21?,24+/m0/s1. The van der Waals surface area contributed by atoms with Gasteiger partial charge in [0.05, 0.1) is 17.8 Å². The van der Waals surface area contributed by atoms with E-state index in [0.717, 1.165) is 44.4 Å². The molecule has 2 aromatic heterocycles. The van der Waals surface area contributed by atoms with Gasteiger partial charge in [0.1, 0.15) is 11.8 Å². The molecule has 5 atom stereocenters. The molecule has 12 nitrogen and oxygen atoms in total. The summed E-state index contributed by atoms with van der Waals surface area (Å²) >= 11 is 1.71. The Morgan fingerprint density at radius 1 is 1.15 bits per heavy atom. The van der Waals surface area contributed by atoms with Gasteiger partial charge in [0.15, 0.2) is 23.8 Å². The van der Waals surface area contributed by atoms with Gasteiger partial charge in [-0.2, -0.15) is 11.8 Å². The van der Waals surface area contributed by atoms with Crippen LogP contribution in [0.4, 0.5) is 10.6 Å². The Morgan fingerprint density at radius 3 is 2.58 bits per heavy atom. The maximum absolute atomic E-state index is 13.4. The molecule has 5 rings (SSSR count). The molecule has 3 saturated heterocycles. The average molecular weight is 576 g/mol. The number of piperidine rings is 2. The number of imidazole rings is 1. The van der Waals surface area contributed by atoms with E-state index in [2.05, 4.69) is 26.1 Å². The Labute approximate surface area is 239 Å². The number of carbonyl (C=O) groups is 2. The second-order valence-electron chi connectivity index (χ2n) is 12.1. The number of aromatic nitrogens is 4. The van der Waals surface area contributed by atoms with Gasteiger partial charge in [-0.3, -0.25) is 14.3 Å². The molecule has 5 heterocycles. The van der Waals surface area contributed by atoms with Crippen molar-refractivity contribution < 1.29 is 24.2 Å². The summed E-state index contributed by atoms with van der Waals surface area (Å²) in [5.41, 5.74) is 6.43. The van der Waals surface area contributed by atoms with Crippen molar-refractivity contribution in [3.05, 3.63) is 12.7 Å². The minimum Gasteiger partial charge on any atom is -0.465 e. The fraction of sp³-hybridized carbons (Fsp3) is 0.741. The number of fused-ring (bicyclic) bond motifs is 1. The van der Waals surface area contributed by atoms with Crippen LogP contribution in [0.1, 0.15) is 59.1 Å². The Bertz CT molecular complexity index is 1210. The van der Waals surface area contributed by atoms with E-state index < -0.39 is 23.8 Å². The number of nitrogens with two attached hydrogens (primary N) is 1. The van der Waals surface area contributed by atoms with Crippen LogP contribution in [0.25, 0.3) is 11.2 Å². The first-order valence-electron chi connectivity index (χ1n) is 14.1. The lowest BCUT2D eigenvalue weighted by Crippen LogP contribution is -2.57. The maximum atomic E-state index is 13.4. The molecule has 1 amide bonds. The molecule has 0 bridgehead atoms. The summed E-state index contributed by atoms with van der Waals surface area (Å²) in [5.74, 6) is 0.666. The predicted octanol–water partition coefficient (Wildman–Crippen LogP) is 3.24. The van der Waals surface area contributed by atoms with Crippen LogP contribution in [-0.4, -0.2) is 102 Å². The van der Waals surface area contributed by atoms with Gasteiger partial charge in [-0.05, 0) is 59.3 Å². The van der Waals surface area contributed by atoms with Crippen molar-refractivity contribution in [3.63, 3.8) is 0 Å². The monoisotopic (exact) mass is 575 g/mol. The Balaban J connectivity index is 1.52. The number of hydrogen-bond acceptors (Lipinski definition) is 10. The van der Waals surface area contributed by atoms with Crippen molar-refractivity contribution >= 4 is 40.8 Å². The zero-order valence-electron chi connectivity index (χ0n) is 23.7. The number of esters is 1. The summed E-state index contributed by atoms with van der Waals surface area (Å²) < 4.78 is 15.0. The van der Waals surface area contributed by atoms with Crippen LogP contribution in [0.2, 0.25) is 0 Å². The van der Waals surface area contributed by atoms with Crippen molar-refractivity contribution in [2.75, 3.05) is 37.4 Å². The highest BCUT2D eigenvalue weighted by atomic mass is 32.2. The third-order valence-corrected chi connectivity index (χ3v) is 9.15. The number of anilines is 1. The van der Waals surface area contributed by atoms with Crippen LogP contribution in [0.15, 0.2) is 12.7 Å². The van der Waals surface area contributed by atoms with Crippen LogP contribution in [-0.2, 0) is 14.3 Å². The number of amides is 1. The lowest BCUT2D eigenvalue weighted by Gasteiger charge is -2.48. The first-order valence-corrected chi connectivity index (χ1v) is 15.5. The summed E-state index contributed by atoms with van der Waals surface area (Å²) in [4.78, 5) is 42.0.